The highest BCUT2D eigenvalue weighted by Crippen LogP contribution is 2.24. The van der Waals surface area contributed by atoms with Crippen molar-refractivity contribution in [1.29, 1.82) is 0 Å². The van der Waals surface area contributed by atoms with E-state index in [-0.39, 0.29) is 0 Å². The van der Waals surface area contributed by atoms with Crippen molar-refractivity contribution in [1.82, 2.24) is 24.4 Å². The van der Waals surface area contributed by atoms with Crippen LogP contribution in [0.5, 0.6) is 0 Å². The molecule has 1 aromatic carbocycles. The van der Waals surface area contributed by atoms with Crippen molar-refractivity contribution >= 4 is 5.95 Å². The average Bonchev–Trinajstić information content (AvgIpc) is 3.01. The number of anilines is 1. The molecule has 1 aliphatic heterocycles. The van der Waals surface area contributed by atoms with Crippen molar-refractivity contribution in [2.75, 3.05) is 11.9 Å². The lowest BCUT2D eigenvalue weighted by Crippen LogP contribution is -2.44. The molecule has 1 unspecified atom stereocenters. The Balaban J connectivity index is 1.53. The van der Waals surface area contributed by atoms with Gasteiger partial charge in [-0.2, -0.15) is 0 Å². The number of rotatable bonds is 5. The lowest BCUT2D eigenvalue weighted by molar-refractivity contribution is 0.165. The Bertz CT molecular complexity index is 814. The first-order valence-electron chi connectivity index (χ1n) is 8.57. The SMILES string of the molecule is Cn1cnc2c1CC(CNc1ncccn1)N(Cc1ccccc1)C2. The minimum absolute atomic E-state index is 0.368. The maximum absolute atomic E-state index is 4.58. The summed E-state index contributed by atoms with van der Waals surface area (Å²) in [6.07, 6.45) is 6.41. The fraction of sp³-hybridized carbons (Fsp3) is 0.316. The molecule has 2 aromatic heterocycles. The molecule has 4 rings (SSSR count). The van der Waals surface area contributed by atoms with Crippen LogP contribution in [0.3, 0.4) is 0 Å². The predicted molar refractivity (Wildman–Crippen MR) is 96.9 cm³/mol. The number of imidazole rings is 1. The second-order valence-corrected chi connectivity index (χ2v) is 6.45. The van der Waals surface area contributed by atoms with E-state index in [2.05, 4.69) is 67.1 Å². The molecule has 0 amide bonds. The summed E-state index contributed by atoms with van der Waals surface area (Å²) >= 11 is 0. The smallest absolute Gasteiger partial charge is 0.222 e. The zero-order valence-electron chi connectivity index (χ0n) is 14.3. The fourth-order valence-corrected chi connectivity index (χ4v) is 3.38. The van der Waals surface area contributed by atoms with Crippen molar-refractivity contribution in [2.24, 2.45) is 7.05 Å². The number of benzene rings is 1. The highest BCUT2D eigenvalue weighted by atomic mass is 15.2. The van der Waals surface area contributed by atoms with Crippen LogP contribution in [0.4, 0.5) is 5.95 Å². The van der Waals surface area contributed by atoms with E-state index in [0.717, 1.165) is 26.1 Å². The monoisotopic (exact) mass is 334 g/mol. The Morgan fingerprint density at radius 3 is 2.68 bits per heavy atom. The standard InChI is InChI=1S/C19H22N6/c1-24-14-23-17-13-25(12-15-6-3-2-4-7-15)16(10-18(17)24)11-22-19-20-8-5-9-21-19/h2-9,14,16H,10-13H2,1H3,(H,20,21,22). The highest BCUT2D eigenvalue weighted by molar-refractivity contribution is 5.25. The van der Waals surface area contributed by atoms with Crippen LogP contribution in [0.2, 0.25) is 0 Å². The van der Waals surface area contributed by atoms with Crippen LogP contribution < -0.4 is 5.32 Å². The summed E-state index contributed by atoms with van der Waals surface area (Å²) in [7, 11) is 2.07. The van der Waals surface area contributed by atoms with Crippen LogP contribution in [0, 0.1) is 0 Å². The van der Waals surface area contributed by atoms with Crippen molar-refractivity contribution in [3.05, 3.63) is 72.1 Å². The van der Waals surface area contributed by atoms with Gasteiger partial charge in [-0.1, -0.05) is 30.3 Å². The van der Waals surface area contributed by atoms with Gasteiger partial charge in [0.2, 0.25) is 5.95 Å². The van der Waals surface area contributed by atoms with Crippen LogP contribution in [-0.2, 0) is 26.6 Å². The Kier molecular flexibility index (Phi) is 4.43. The van der Waals surface area contributed by atoms with Crippen molar-refractivity contribution in [3.8, 4) is 0 Å². The lowest BCUT2D eigenvalue weighted by Gasteiger charge is -2.35. The maximum Gasteiger partial charge on any atom is 0.222 e. The molecule has 6 nitrogen and oxygen atoms in total. The third-order valence-electron chi connectivity index (χ3n) is 4.73. The fourth-order valence-electron chi connectivity index (χ4n) is 3.38. The molecule has 1 N–H and O–H groups in total. The van der Waals surface area contributed by atoms with Crippen molar-refractivity contribution in [2.45, 2.75) is 25.6 Å². The van der Waals surface area contributed by atoms with Crippen LogP contribution in [0.15, 0.2) is 55.1 Å². The number of hydrogen-bond acceptors (Lipinski definition) is 5. The molecule has 3 aromatic rings. The molecule has 0 fully saturated rings. The van der Waals surface area contributed by atoms with E-state index in [4.69, 9.17) is 0 Å². The Morgan fingerprint density at radius 1 is 1.08 bits per heavy atom. The van der Waals surface area contributed by atoms with Gasteiger partial charge in [0.1, 0.15) is 0 Å². The van der Waals surface area contributed by atoms with Gasteiger partial charge in [-0.05, 0) is 11.6 Å². The van der Waals surface area contributed by atoms with Gasteiger partial charge in [-0.25, -0.2) is 15.0 Å². The third-order valence-corrected chi connectivity index (χ3v) is 4.73. The van der Waals surface area contributed by atoms with Crippen molar-refractivity contribution < 1.29 is 0 Å². The van der Waals surface area contributed by atoms with Gasteiger partial charge in [-0.15, -0.1) is 0 Å². The number of aromatic nitrogens is 4. The Morgan fingerprint density at radius 2 is 1.88 bits per heavy atom. The summed E-state index contributed by atoms with van der Waals surface area (Å²) in [6, 6.07) is 12.8. The molecule has 0 bridgehead atoms. The van der Waals surface area contributed by atoms with Crippen LogP contribution in [0.25, 0.3) is 0 Å². The first-order valence-corrected chi connectivity index (χ1v) is 8.57. The molecule has 0 saturated heterocycles. The second-order valence-electron chi connectivity index (χ2n) is 6.45. The minimum Gasteiger partial charge on any atom is -0.353 e. The molecule has 25 heavy (non-hydrogen) atoms. The van der Waals surface area contributed by atoms with Crippen LogP contribution in [-0.4, -0.2) is 37.0 Å². The first-order chi connectivity index (χ1) is 12.3. The second kappa shape index (κ2) is 7.03. The highest BCUT2D eigenvalue weighted by Gasteiger charge is 2.28. The summed E-state index contributed by atoms with van der Waals surface area (Å²) in [5.74, 6) is 0.679. The maximum atomic E-state index is 4.58. The summed E-state index contributed by atoms with van der Waals surface area (Å²) in [5.41, 5.74) is 3.83. The quantitative estimate of drug-likeness (QED) is 0.775. The van der Waals surface area contributed by atoms with Crippen molar-refractivity contribution in [3.63, 3.8) is 0 Å². The molecular weight excluding hydrogens is 312 g/mol. The molecule has 0 aliphatic carbocycles. The van der Waals surface area contributed by atoms with E-state index in [1.807, 2.05) is 12.4 Å². The third kappa shape index (κ3) is 3.53. The summed E-state index contributed by atoms with van der Waals surface area (Å²) in [6.45, 7) is 2.59. The molecule has 0 saturated carbocycles. The molecule has 0 radical (unpaired) electrons. The summed E-state index contributed by atoms with van der Waals surface area (Å²) in [4.78, 5) is 15.6. The predicted octanol–water partition coefficient (Wildman–Crippen LogP) is 2.25. The van der Waals surface area contributed by atoms with E-state index in [1.165, 1.54) is 17.0 Å². The van der Waals surface area contributed by atoms with Gasteiger partial charge >= 0.3 is 0 Å². The molecule has 0 spiro atoms. The van der Waals surface area contributed by atoms with E-state index in [0.29, 0.717) is 12.0 Å². The normalized spacial score (nSPS) is 17.2. The zero-order chi connectivity index (χ0) is 17.1. The zero-order valence-corrected chi connectivity index (χ0v) is 14.3. The molecule has 128 valence electrons. The number of hydrogen-bond donors (Lipinski definition) is 1. The summed E-state index contributed by atoms with van der Waals surface area (Å²) in [5, 5.41) is 3.38. The molecule has 1 aliphatic rings. The largest absolute Gasteiger partial charge is 0.353 e. The molecule has 1 atom stereocenters. The van der Waals surface area contributed by atoms with Gasteiger partial charge in [0.15, 0.2) is 0 Å². The first kappa shape index (κ1) is 15.8. The van der Waals surface area contributed by atoms with Crippen LogP contribution in [0.1, 0.15) is 17.0 Å². The van der Waals surface area contributed by atoms with E-state index in [9.17, 15) is 0 Å². The van der Waals surface area contributed by atoms with E-state index in [1.54, 1.807) is 12.4 Å². The molecule has 6 heteroatoms. The summed E-state index contributed by atoms with van der Waals surface area (Å²) < 4.78 is 2.14. The Hall–Kier alpha value is -2.73. The lowest BCUT2D eigenvalue weighted by atomic mass is 10.0. The number of nitrogens with zero attached hydrogens (tertiary/aromatic N) is 5. The van der Waals surface area contributed by atoms with Gasteiger partial charge < -0.3 is 9.88 Å². The topological polar surface area (TPSA) is 58.9 Å². The van der Waals surface area contributed by atoms with Gasteiger partial charge in [-0.3, -0.25) is 4.90 Å². The number of aryl methyl sites for hydroxylation is 1. The number of nitrogens with one attached hydrogen (secondary N) is 1. The van der Waals surface area contributed by atoms with E-state index >= 15 is 0 Å². The van der Waals surface area contributed by atoms with Gasteiger partial charge in [0.25, 0.3) is 0 Å². The van der Waals surface area contributed by atoms with Crippen LogP contribution >= 0.6 is 0 Å². The average molecular weight is 334 g/mol. The van der Waals surface area contributed by atoms with E-state index < -0.39 is 0 Å². The van der Waals surface area contributed by atoms with Gasteiger partial charge in [0.05, 0.1) is 12.0 Å². The molecular formula is C19H22N6. The van der Waals surface area contributed by atoms with Gasteiger partial charge in [0, 0.05) is 57.2 Å². The molecule has 3 heterocycles. The number of fused-ring (bicyclic) bond motifs is 1. The Labute approximate surface area is 147 Å². The minimum atomic E-state index is 0.368.